The fourth-order valence-corrected chi connectivity index (χ4v) is 2.56. The van der Waals surface area contributed by atoms with Gasteiger partial charge in [-0.05, 0) is 30.5 Å². The van der Waals surface area contributed by atoms with Gasteiger partial charge in [0.25, 0.3) is 5.91 Å². The normalized spacial score (nSPS) is 15.6. The summed E-state index contributed by atoms with van der Waals surface area (Å²) in [6, 6.07) is 17.5. The molecule has 0 aliphatic heterocycles. The summed E-state index contributed by atoms with van der Waals surface area (Å²) in [6.45, 7) is 0.671. The first-order chi connectivity index (χ1) is 9.71. The van der Waals surface area contributed by atoms with Crippen molar-refractivity contribution in [3.63, 3.8) is 0 Å². The van der Waals surface area contributed by atoms with Crippen LogP contribution >= 0.6 is 0 Å². The van der Waals surface area contributed by atoms with Crippen molar-refractivity contribution in [1.82, 2.24) is 5.32 Å². The summed E-state index contributed by atoms with van der Waals surface area (Å²) >= 11 is 0. The Labute approximate surface area is 118 Å². The van der Waals surface area contributed by atoms with E-state index in [-0.39, 0.29) is 11.3 Å². The van der Waals surface area contributed by atoms with Gasteiger partial charge in [-0.3, -0.25) is 4.79 Å². The summed E-state index contributed by atoms with van der Waals surface area (Å²) in [5.74, 6) is -0.0923. The summed E-state index contributed by atoms with van der Waals surface area (Å²) in [5.41, 5.74) is 8.33. The molecule has 1 amide bonds. The number of para-hydroxylation sites is 1. The highest BCUT2D eigenvalue weighted by Crippen LogP contribution is 2.47. The van der Waals surface area contributed by atoms with Crippen LogP contribution < -0.4 is 11.1 Å². The smallest absolute Gasteiger partial charge is 0.253 e. The van der Waals surface area contributed by atoms with Gasteiger partial charge in [0.1, 0.15) is 0 Å². The maximum atomic E-state index is 12.2. The Morgan fingerprint density at radius 1 is 1.05 bits per heavy atom. The first kappa shape index (κ1) is 12.7. The predicted molar refractivity (Wildman–Crippen MR) is 80.5 cm³/mol. The Bertz CT molecular complexity index is 618. The Balaban J connectivity index is 1.69. The number of rotatable bonds is 4. The van der Waals surface area contributed by atoms with Crippen LogP contribution in [-0.2, 0) is 5.41 Å². The summed E-state index contributed by atoms with van der Waals surface area (Å²) in [4.78, 5) is 12.2. The molecule has 0 atom stereocenters. The molecule has 2 aromatic carbocycles. The van der Waals surface area contributed by atoms with Crippen LogP contribution in [0.4, 0.5) is 5.69 Å². The molecule has 20 heavy (non-hydrogen) atoms. The van der Waals surface area contributed by atoms with Gasteiger partial charge in [0.05, 0.1) is 5.56 Å². The van der Waals surface area contributed by atoms with Gasteiger partial charge >= 0.3 is 0 Å². The second-order valence-electron chi connectivity index (χ2n) is 5.42. The highest BCUT2D eigenvalue weighted by Gasteiger charge is 2.44. The zero-order valence-corrected chi connectivity index (χ0v) is 11.3. The van der Waals surface area contributed by atoms with E-state index in [0.717, 1.165) is 12.8 Å². The van der Waals surface area contributed by atoms with Crippen molar-refractivity contribution in [1.29, 1.82) is 0 Å². The largest absolute Gasteiger partial charge is 0.398 e. The van der Waals surface area contributed by atoms with E-state index in [9.17, 15) is 4.79 Å². The number of carbonyl (C=O) groups excluding carboxylic acids is 1. The minimum atomic E-state index is -0.0923. The molecule has 2 aromatic rings. The molecule has 0 aromatic heterocycles. The number of carbonyl (C=O) groups is 1. The quantitative estimate of drug-likeness (QED) is 0.836. The van der Waals surface area contributed by atoms with E-state index in [1.54, 1.807) is 12.1 Å². The summed E-state index contributed by atoms with van der Waals surface area (Å²) < 4.78 is 0. The molecule has 3 heteroatoms. The molecule has 0 saturated heterocycles. The lowest BCUT2D eigenvalue weighted by Gasteiger charge is -2.17. The fraction of sp³-hybridized carbons (Fsp3) is 0.235. The molecule has 0 spiro atoms. The number of benzene rings is 2. The van der Waals surface area contributed by atoms with E-state index in [0.29, 0.717) is 17.8 Å². The van der Waals surface area contributed by atoms with Gasteiger partial charge < -0.3 is 11.1 Å². The highest BCUT2D eigenvalue weighted by atomic mass is 16.1. The van der Waals surface area contributed by atoms with E-state index in [2.05, 4.69) is 17.4 Å². The molecule has 1 fully saturated rings. The van der Waals surface area contributed by atoms with Crippen LogP contribution in [0.1, 0.15) is 28.8 Å². The zero-order chi connectivity index (χ0) is 14.0. The van der Waals surface area contributed by atoms with Gasteiger partial charge in [0.2, 0.25) is 0 Å². The summed E-state index contributed by atoms with van der Waals surface area (Å²) in [7, 11) is 0. The van der Waals surface area contributed by atoms with Crippen molar-refractivity contribution in [2.45, 2.75) is 18.3 Å². The molecule has 1 aliphatic carbocycles. The van der Waals surface area contributed by atoms with Crippen LogP contribution in [0.3, 0.4) is 0 Å². The third-order valence-corrected chi connectivity index (χ3v) is 4.03. The van der Waals surface area contributed by atoms with E-state index in [4.69, 9.17) is 5.73 Å². The van der Waals surface area contributed by atoms with Crippen LogP contribution in [0.25, 0.3) is 0 Å². The summed E-state index contributed by atoms with van der Waals surface area (Å²) in [5, 5.41) is 3.02. The fourth-order valence-electron chi connectivity index (χ4n) is 2.56. The second kappa shape index (κ2) is 5.00. The molecular formula is C17H18N2O. The first-order valence-electron chi connectivity index (χ1n) is 6.90. The Kier molecular flexibility index (Phi) is 3.18. The lowest BCUT2D eigenvalue weighted by atomic mass is 9.96. The number of nitrogens with one attached hydrogen (secondary N) is 1. The maximum Gasteiger partial charge on any atom is 0.253 e. The van der Waals surface area contributed by atoms with Gasteiger partial charge in [-0.25, -0.2) is 0 Å². The topological polar surface area (TPSA) is 55.1 Å². The molecule has 1 aliphatic rings. The number of hydrogen-bond donors (Lipinski definition) is 2. The van der Waals surface area contributed by atoms with Crippen LogP contribution in [-0.4, -0.2) is 12.5 Å². The third kappa shape index (κ3) is 2.39. The minimum absolute atomic E-state index is 0.0923. The lowest BCUT2D eigenvalue weighted by molar-refractivity contribution is 0.0950. The highest BCUT2D eigenvalue weighted by molar-refractivity contribution is 5.99. The summed E-state index contributed by atoms with van der Waals surface area (Å²) in [6.07, 6.45) is 2.25. The van der Waals surface area contributed by atoms with Crippen molar-refractivity contribution in [2.24, 2.45) is 0 Å². The molecule has 3 rings (SSSR count). The molecule has 1 saturated carbocycles. The van der Waals surface area contributed by atoms with Gasteiger partial charge in [0.15, 0.2) is 0 Å². The van der Waals surface area contributed by atoms with Crippen LogP contribution in [0, 0.1) is 0 Å². The Hall–Kier alpha value is -2.29. The number of amides is 1. The van der Waals surface area contributed by atoms with Crippen molar-refractivity contribution in [3.8, 4) is 0 Å². The molecule has 0 radical (unpaired) electrons. The molecule has 3 N–H and O–H groups in total. The van der Waals surface area contributed by atoms with Crippen LogP contribution in [0.15, 0.2) is 54.6 Å². The first-order valence-corrected chi connectivity index (χ1v) is 6.90. The molecule has 0 heterocycles. The maximum absolute atomic E-state index is 12.2. The lowest BCUT2D eigenvalue weighted by Crippen LogP contribution is -2.32. The van der Waals surface area contributed by atoms with E-state index >= 15 is 0 Å². The van der Waals surface area contributed by atoms with Crippen LogP contribution in [0.5, 0.6) is 0 Å². The Morgan fingerprint density at radius 2 is 1.70 bits per heavy atom. The molecule has 102 valence electrons. The molecule has 0 bridgehead atoms. The third-order valence-electron chi connectivity index (χ3n) is 4.03. The van der Waals surface area contributed by atoms with Crippen molar-refractivity contribution in [2.75, 3.05) is 12.3 Å². The predicted octanol–water partition coefficient (Wildman–Crippen LogP) is 2.73. The Morgan fingerprint density at radius 3 is 2.35 bits per heavy atom. The van der Waals surface area contributed by atoms with Crippen molar-refractivity contribution >= 4 is 11.6 Å². The van der Waals surface area contributed by atoms with E-state index in [1.165, 1.54) is 5.56 Å². The van der Waals surface area contributed by atoms with Crippen molar-refractivity contribution < 1.29 is 4.79 Å². The monoisotopic (exact) mass is 266 g/mol. The van der Waals surface area contributed by atoms with E-state index < -0.39 is 0 Å². The second-order valence-corrected chi connectivity index (χ2v) is 5.42. The number of nitrogens with two attached hydrogens (primary N) is 1. The minimum Gasteiger partial charge on any atom is -0.398 e. The van der Waals surface area contributed by atoms with Gasteiger partial charge in [-0.1, -0.05) is 42.5 Å². The van der Waals surface area contributed by atoms with Gasteiger partial charge in [-0.15, -0.1) is 0 Å². The number of nitrogen functional groups attached to an aromatic ring is 1. The molecular weight excluding hydrogens is 248 g/mol. The SMILES string of the molecule is Nc1ccccc1C(=O)NCC1(c2ccccc2)CC1. The molecule has 0 unspecified atom stereocenters. The van der Waals surface area contributed by atoms with Gasteiger partial charge in [0, 0.05) is 17.6 Å². The van der Waals surface area contributed by atoms with Crippen molar-refractivity contribution in [3.05, 3.63) is 65.7 Å². The van der Waals surface area contributed by atoms with Gasteiger partial charge in [-0.2, -0.15) is 0 Å². The zero-order valence-electron chi connectivity index (χ0n) is 11.3. The van der Waals surface area contributed by atoms with E-state index in [1.807, 2.05) is 30.3 Å². The standard InChI is InChI=1S/C17H18N2O/c18-15-9-5-4-8-14(15)16(20)19-12-17(10-11-17)13-6-2-1-3-7-13/h1-9H,10-12,18H2,(H,19,20). The average molecular weight is 266 g/mol. The number of hydrogen-bond acceptors (Lipinski definition) is 2. The average Bonchev–Trinajstić information content (AvgIpc) is 3.27. The van der Waals surface area contributed by atoms with Crippen LogP contribution in [0.2, 0.25) is 0 Å². The molecule has 3 nitrogen and oxygen atoms in total. The number of anilines is 1.